The number of nitrogens with zero attached hydrogens (tertiary/aromatic N) is 2. The van der Waals surface area contributed by atoms with Gasteiger partial charge in [0.1, 0.15) is 11.6 Å². The lowest BCUT2D eigenvalue weighted by molar-refractivity contribution is -0.121. The molecule has 4 rings (SSSR count). The number of para-hydroxylation sites is 1. The normalized spacial score (nSPS) is 11.0. The third kappa shape index (κ3) is 4.54. The van der Waals surface area contributed by atoms with Gasteiger partial charge in [-0.2, -0.15) is 5.10 Å². The molecule has 2 heterocycles. The van der Waals surface area contributed by atoms with Crippen LogP contribution in [0.25, 0.3) is 22.2 Å². The summed E-state index contributed by atoms with van der Waals surface area (Å²) >= 11 is 5.12. The maximum atomic E-state index is 12.5. The fourth-order valence-electron chi connectivity index (χ4n) is 3.71. The van der Waals surface area contributed by atoms with Gasteiger partial charge < -0.3 is 19.6 Å². The number of H-pyrrole nitrogens is 2. The lowest BCUT2D eigenvalue weighted by Crippen LogP contribution is -2.26. The SMILES string of the molecule is COc1ccc(-c2[nH]c3ccccc3c2CCC(=O)NCCc2n[nH]c(=S)n2C)cc1. The first kappa shape index (κ1) is 20.9. The summed E-state index contributed by atoms with van der Waals surface area (Å²) in [6, 6.07) is 16.1. The van der Waals surface area contributed by atoms with Crippen molar-refractivity contribution >= 4 is 29.0 Å². The molecule has 31 heavy (non-hydrogen) atoms. The summed E-state index contributed by atoms with van der Waals surface area (Å²) in [5, 5.41) is 11.1. The van der Waals surface area contributed by atoms with Crippen LogP contribution < -0.4 is 10.1 Å². The van der Waals surface area contributed by atoms with E-state index in [4.69, 9.17) is 17.0 Å². The van der Waals surface area contributed by atoms with Gasteiger partial charge in [0.25, 0.3) is 0 Å². The van der Waals surface area contributed by atoms with E-state index in [1.807, 2.05) is 48.0 Å². The third-order valence-electron chi connectivity index (χ3n) is 5.44. The van der Waals surface area contributed by atoms with E-state index in [9.17, 15) is 4.79 Å². The maximum Gasteiger partial charge on any atom is 0.220 e. The molecule has 8 heteroatoms. The molecule has 0 saturated heterocycles. The molecule has 3 N–H and O–H groups in total. The first-order valence-electron chi connectivity index (χ1n) is 10.2. The molecule has 0 radical (unpaired) electrons. The number of nitrogens with one attached hydrogen (secondary N) is 3. The standard InChI is InChI=1S/C23H25N5O2S/c1-28-20(26-27-23(28)31)13-14-24-21(29)12-11-18-17-5-3-4-6-19(17)25-22(18)15-7-9-16(30-2)10-8-15/h3-10,25H,11-14H2,1-2H3,(H,24,29)(H,27,31). The van der Waals surface area contributed by atoms with Gasteiger partial charge in [-0.25, -0.2) is 0 Å². The Morgan fingerprint density at radius 2 is 1.94 bits per heavy atom. The largest absolute Gasteiger partial charge is 0.497 e. The predicted molar refractivity (Wildman–Crippen MR) is 124 cm³/mol. The van der Waals surface area contributed by atoms with Crippen molar-refractivity contribution in [1.29, 1.82) is 0 Å². The molecule has 4 aromatic rings. The van der Waals surface area contributed by atoms with Crippen LogP contribution in [-0.4, -0.2) is 39.3 Å². The molecule has 1 amide bonds. The molecule has 2 aromatic carbocycles. The van der Waals surface area contributed by atoms with Gasteiger partial charge in [-0.05, 0) is 60.1 Å². The van der Waals surface area contributed by atoms with Crippen molar-refractivity contribution in [2.45, 2.75) is 19.3 Å². The van der Waals surface area contributed by atoms with E-state index < -0.39 is 0 Å². The second kappa shape index (κ2) is 9.18. The highest BCUT2D eigenvalue weighted by molar-refractivity contribution is 7.71. The van der Waals surface area contributed by atoms with Gasteiger partial charge in [-0.1, -0.05) is 18.2 Å². The van der Waals surface area contributed by atoms with E-state index in [0.29, 0.717) is 30.6 Å². The summed E-state index contributed by atoms with van der Waals surface area (Å²) in [6.07, 6.45) is 1.67. The number of ether oxygens (including phenoxy) is 1. The highest BCUT2D eigenvalue weighted by atomic mass is 32.1. The van der Waals surface area contributed by atoms with Crippen LogP contribution in [-0.2, 0) is 24.7 Å². The van der Waals surface area contributed by atoms with Gasteiger partial charge in [-0.15, -0.1) is 0 Å². The number of aryl methyl sites for hydroxylation is 1. The smallest absolute Gasteiger partial charge is 0.220 e. The lowest BCUT2D eigenvalue weighted by atomic mass is 10.0. The van der Waals surface area contributed by atoms with Crippen LogP contribution in [0, 0.1) is 4.77 Å². The van der Waals surface area contributed by atoms with Crippen molar-refractivity contribution in [1.82, 2.24) is 25.1 Å². The van der Waals surface area contributed by atoms with Gasteiger partial charge in [0, 0.05) is 43.0 Å². The van der Waals surface area contributed by atoms with Crippen LogP contribution in [0.15, 0.2) is 48.5 Å². The Bertz CT molecular complexity index is 1250. The van der Waals surface area contributed by atoms with E-state index in [1.54, 1.807) is 7.11 Å². The van der Waals surface area contributed by atoms with Crippen molar-refractivity contribution in [2.75, 3.05) is 13.7 Å². The number of hydrogen-bond acceptors (Lipinski definition) is 4. The maximum absolute atomic E-state index is 12.5. The van der Waals surface area contributed by atoms with Crippen LogP contribution in [0.3, 0.4) is 0 Å². The van der Waals surface area contributed by atoms with Crippen LogP contribution in [0.2, 0.25) is 0 Å². The van der Waals surface area contributed by atoms with Gasteiger partial charge in [0.05, 0.1) is 7.11 Å². The van der Waals surface area contributed by atoms with Crippen LogP contribution in [0.4, 0.5) is 0 Å². The topological polar surface area (TPSA) is 87.7 Å². The first-order chi connectivity index (χ1) is 15.1. The zero-order chi connectivity index (χ0) is 21.8. The van der Waals surface area contributed by atoms with Crippen molar-refractivity contribution in [3.63, 3.8) is 0 Å². The molecule has 0 spiro atoms. The van der Waals surface area contributed by atoms with E-state index in [1.165, 1.54) is 0 Å². The Labute approximate surface area is 185 Å². The Hall–Kier alpha value is -3.39. The number of aromatic amines is 2. The number of benzene rings is 2. The monoisotopic (exact) mass is 435 g/mol. The minimum absolute atomic E-state index is 0.0164. The summed E-state index contributed by atoms with van der Waals surface area (Å²) in [4.78, 5) is 16.0. The lowest BCUT2D eigenvalue weighted by Gasteiger charge is -2.08. The molecule has 0 bridgehead atoms. The summed E-state index contributed by atoms with van der Waals surface area (Å²) < 4.78 is 7.66. The van der Waals surface area contributed by atoms with E-state index in [-0.39, 0.29) is 5.91 Å². The molecule has 7 nitrogen and oxygen atoms in total. The Morgan fingerprint density at radius 3 is 2.65 bits per heavy atom. The molecule has 2 aromatic heterocycles. The average Bonchev–Trinajstić information content (AvgIpc) is 3.32. The fourth-order valence-corrected chi connectivity index (χ4v) is 3.86. The average molecular weight is 436 g/mol. The molecule has 0 aliphatic carbocycles. The van der Waals surface area contributed by atoms with E-state index in [2.05, 4.69) is 32.6 Å². The molecule has 0 unspecified atom stereocenters. The van der Waals surface area contributed by atoms with Crippen LogP contribution in [0.5, 0.6) is 5.75 Å². The van der Waals surface area contributed by atoms with Crippen LogP contribution in [0.1, 0.15) is 17.8 Å². The minimum Gasteiger partial charge on any atom is -0.497 e. The van der Waals surface area contributed by atoms with Gasteiger partial charge >= 0.3 is 0 Å². The molecule has 0 saturated carbocycles. The number of hydrogen-bond donors (Lipinski definition) is 3. The van der Waals surface area contributed by atoms with Gasteiger partial charge in [0.15, 0.2) is 4.77 Å². The molecule has 0 atom stereocenters. The number of rotatable bonds is 8. The molecule has 0 aliphatic rings. The number of aromatic nitrogens is 4. The number of carbonyl (C=O) groups excluding carboxylic acids is 1. The highest BCUT2D eigenvalue weighted by Gasteiger charge is 2.15. The minimum atomic E-state index is 0.0164. The Balaban J connectivity index is 1.46. The second-order valence-electron chi connectivity index (χ2n) is 7.36. The number of fused-ring (bicyclic) bond motifs is 1. The summed E-state index contributed by atoms with van der Waals surface area (Å²) in [5.41, 5.74) is 4.32. The second-order valence-corrected chi connectivity index (χ2v) is 7.74. The highest BCUT2D eigenvalue weighted by Crippen LogP contribution is 2.32. The molecule has 160 valence electrons. The number of carbonyl (C=O) groups is 1. The summed E-state index contributed by atoms with van der Waals surface area (Å²) in [6.45, 7) is 0.519. The van der Waals surface area contributed by atoms with Crippen molar-refractivity contribution in [2.24, 2.45) is 7.05 Å². The first-order valence-corrected chi connectivity index (χ1v) is 10.6. The van der Waals surface area contributed by atoms with Crippen LogP contribution >= 0.6 is 12.2 Å². The molecular weight excluding hydrogens is 410 g/mol. The number of amides is 1. The quantitative estimate of drug-likeness (QED) is 0.366. The molecular formula is C23H25N5O2S. The van der Waals surface area contributed by atoms with E-state index in [0.717, 1.165) is 39.3 Å². The Kier molecular flexibility index (Phi) is 6.18. The van der Waals surface area contributed by atoms with Crippen molar-refractivity contribution in [3.8, 4) is 17.0 Å². The Morgan fingerprint density at radius 1 is 1.16 bits per heavy atom. The van der Waals surface area contributed by atoms with E-state index >= 15 is 0 Å². The van der Waals surface area contributed by atoms with Crippen molar-refractivity contribution in [3.05, 3.63) is 64.7 Å². The predicted octanol–water partition coefficient (Wildman–Crippen LogP) is 3.93. The van der Waals surface area contributed by atoms with Crippen molar-refractivity contribution < 1.29 is 9.53 Å². The van der Waals surface area contributed by atoms with Gasteiger partial charge in [0.2, 0.25) is 5.91 Å². The zero-order valence-corrected chi connectivity index (χ0v) is 18.4. The molecule has 0 fully saturated rings. The van der Waals surface area contributed by atoms with Gasteiger partial charge in [-0.3, -0.25) is 9.89 Å². The summed E-state index contributed by atoms with van der Waals surface area (Å²) in [5.74, 6) is 1.65. The molecule has 0 aliphatic heterocycles. The fraction of sp³-hybridized carbons (Fsp3) is 0.261. The third-order valence-corrected chi connectivity index (χ3v) is 5.80. The zero-order valence-electron chi connectivity index (χ0n) is 17.6. The summed E-state index contributed by atoms with van der Waals surface area (Å²) in [7, 11) is 3.52. The number of methoxy groups -OCH3 is 1.